The van der Waals surface area contributed by atoms with Gasteiger partial charge < -0.3 is 20.0 Å². The number of carbonyl (C=O) groups excluding carboxylic acids is 1. The first-order chi connectivity index (χ1) is 5.79. The second kappa shape index (κ2) is 4.27. The van der Waals surface area contributed by atoms with Gasteiger partial charge in [0.05, 0.1) is 13.2 Å². The minimum Gasteiger partial charge on any atom is -0.395 e. The second-order valence-electron chi connectivity index (χ2n) is 2.70. The van der Waals surface area contributed by atoms with Crippen molar-refractivity contribution in [2.45, 2.75) is 0 Å². The van der Waals surface area contributed by atoms with Gasteiger partial charge in [-0.05, 0) is 0 Å². The van der Waals surface area contributed by atoms with Crippen LogP contribution in [0.15, 0.2) is 0 Å². The maximum Gasteiger partial charge on any atom is 0.320 e. The Bertz CT molecular complexity index is 147. The third-order valence-electron chi connectivity index (χ3n) is 1.92. The van der Waals surface area contributed by atoms with E-state index in [9.17, 15) is 4.79 Å². The van der Waals surface area contributed by atoms with E-state index in [0.29, 0.717) is 26.2 Å². The van der Waals surface area contributed by atoms with Crippen LogP contribution in [0.3, 0.4) is 0 Å². The zero-order valence-corrected chi connectivity index (χ0v) is 6.94. The molecule has 2 N–H and O–H groups in total. The Balaban J connectivity index is 2.38. The molecule has 0 atom stereocenters. The van der Waals surface area contributed by atoms with Gasteiger partial charge in [0.25, 0.3) is 0 Å². The third-order valence-corrected chi connectivity index (χ3v) is 1.92. The molecule has 12 heavy (non-hydrogen) atoms. The SMILES string of the molecule is O=C1N(CCO)CCN1CCO. The van der Waals surface area contributed by atoms with Crippen molar-refractivity contribution in [2.24, 2.45) is 0 Å². The number of rotatable bonds is 4. The minimum atomic E-state index is -0.0851. The van der Waals surface area contributed by atoms with Crippen LogP contribution in [0, 0.1) is 0 Å². The van der Waals surface area contributed by atoms with E-state index < -0.39 is 0 Å². The Kier molecular flexibility index (Phi) is 3.31. The van der Waals surface area contributed by atoms with Gasteiger partial charge in [0, 0.05) is 26.2 Å². The van der Waals surface area contributed by atoms with E-state index in [1.807, 2.05) is 0 Å². The van der Waals surface area contributed by atoms with Crippen LogP contribution in [0.4, 0.5) is 4.79 Å². The summed E-state index contributed by atoms with van der Waals surface area (Å²) >= 11 is 0. The molecule has 2 amide bonds. The van der Waals surface area contributed by atoms with Crippen molar-refractivity contribution in [3.8, 4) is 0 Å². The zero-order chi connectivity index (χ0) is 8.97. The summed E-state index contributed by atoms with van der Waals surface area (Å²) in [4.78, 5) is 14.5. The summed E-state index contributed by atoms with van der Waals surface area (Å²) in [7, 11) is 0. The van der Waals surface area contributed by atoms with Gasteiger partial charge in [0.2, 0.25) is 0 Å². The van der Waals surface area contributed by atoms with E-state index in [-0.39, 0.29) is 19.2 Å². The lowest BCUT2D eigenvalue weighted by atomic mass is 10.5. The van der Waals surface area contributed by atoms with E-state index in [1.165, 1.54) is 0 Å². The Labute approximate surface area is 71.2 Å². The van der Waals surface area contributed by atoms with Gasteiger partial charge in [-0.2, -0.15) is 0 Å². The molecule has 0 aromatic rings. The van der Waals surface area contributed by atoms with Gasteiger partial charge in [-0.3, -0.25) is 0 Å². The molecule has 0 radical (unpaired) electrons. The number of carbonyl (C=O) groups is 1. The van der Waals surface area contributed by atoms with Crippen molar-refractivity contribution in [1.82, 2.24) is 9.80 Å². The fourth-order valence-electron chi connectivity index (χ4n) is 1.29. The smallest absolute Gasteiger partial charge is 0.320 e. The lowest BCUT2D eigenvalue weighted by Gasteiger charge is -2.16. The molecule has 1 fully saturated rings. The van der Waals surface area contributed by atoms with Gasteiger partial charge in [-0.25, -0.2) is 4.79 Å². The summed E-state index contributed by atoms with van der Waals surface area (Å²) in [5, 5.41) is 17.2. The molecule has 1 saturated heterocycles. The highest BCUT2D eigenvalue weighted by Crippen LogP contribution is 2.06. The molecule has 0 aliphatic carbocycles. The number of hydrogen-bond donors (Lipinski definition) is 2. The quantitative estimate of drug-likeness (QED) is 0.557. The molecule has 1 aliphatic heterocycles. The van der Waals surface area contributed by atoms with Crippen LogP contribution in [-0.4, -0.2) is 65.4 Å². The Morgan fingerprint density at radius 3 is 1.83 bits per heavy atom. The summed E-state index contributed by atoms with van der Waals surface area (Å²) in [5.41, 5.74) is 0. The Morgan fingerprint density at radius 1 is 1.08 bits per heavy atom. The highest BCUT2D eigenvalue weighted by atomic mass is 16.3. The van der Waals surface area contributed by atoms with Crippen molar-refractivity contribution in [2.75, 3.05) is 39.4 Å². The molecule has 0 aromatic carbocycles. The van der Waals surface area contributed by atoms with Crippen LogP contribution < -0.4 is 0 Å². The Morgan fingerprint density at radius 2 is 1.50 bits per heavy atom. The van der Waals surface area contributed by atoms with Crippen LogP contribution in [0.2, 0.25) is 0 Å². The van der Waals surface area contributed by atoms with E-state index in [0.717, 1.165) is 0 Å². The molecule has 0 aromatic heterocycles. The van der Waals surface area contributed by atoms with Crippen molar-refractivity contribution in [3.05, 3.63) is 0 Å². The number of hydrogen-bond acceptors (Lipinski definition) is 3. The standard InChI is InChI=1S/C7H14N2O3/c10-5-3-8-1-2-9(4-6-11)7(8)12/h10-11H,1-6H2. The predicted molar refractivity (Wildman–Crippen MR) is 42.7 cm³/mol. The van der Waals surface area contributed by atoms with Gasteiger partial charge >= 0.3 is 6.03 Å². The van der Waals surface area contributed by atoms with Crippen LogP contribution in [0.1, 0.15) is 0 Å². The maximum atomic E-state index is 11.3. The maximum absolute atomic E-state index is 11.3. The zero-order valence-electron chi connectivity index (χ0n) is 6.94. The molecular weight excluding hydrogens is 160 g/mol. The number of β-amino-alcohol motifs (C(OH)–C–C–N with tert-alkyl or cyclic N) is 2. The summed E-state index contributed by atoms with van der Waals surface area (Å²) in [6.07, 6.45) is 0. The number of nitrogens with zero attached hydrogens (tertiary/aromatic N) is 2. The van der Waals surface area contributed by atoms with Crippen LogP contribution in [0.25, 0.3) is 0 Å². The molecule has 5 heteroatoms. The summed E-state index contributed by atoms with van der Waals surface area (Å²) in [6, 6.07) is -0.0851. The van der Waals surface area contributed by atoms with E-state index in [2.05, 4.69) is 0 Å². The second-order valence-corrected chi connectivity index (χ2v) is 2.70. The first-order valence-electron chi connectivity index (χ1n) is 4.05. The van der Waals surface area contributed by atoms with Crippen molar-refractivity contribution in [1.29, 1.82) is 0 Å². The first-order valence-corrected chi connectivity index (χ1v) is 4.05. The molecule has 1 heterocycles. The molecule has 70 valence electrons. The average Bonchev–Trinajstić information content (AvgIpc) is 2.38. The van der Waals surface area contributed by atoms with Crippen molar-refractivity contribution in [3.63, 3.8) is 0 Å². The number of amides is 2. The summed E-state index contributed by atoms with van der Waals surface area (Å²) < 4.78 is 0. The largest absolute Gasteiger partial charge is 0.395 e. The normalized spacial score (nSPS) is 17.7. The lowest BCUT2D eigenvalue weighted by Crippen LogP contribution is -2.34. The summed E-state index contributed by atoms with van der Waals surface area (Å²) in [5.74, 6) is 0. The molecule has 0 bridgehead atoms. The average molecular weight is 174 g/mol. The number of aliphatic hydroxyl groups is 2. The molecule has 0 spiro atoms. The molecule has 0 unspecified atom stereocenters. The fraction of sp³-hybridized carbons (Fsp3) is 0.857. The third kappa shape index (κ3) is 1.86. The first kappa shape index (κ1) is 9.28. The van der Waals surface area contributed by atoms with E-state index in [4.69, 9.17) is 10.2 Å². The highest BCUT2D eigenvalue weighted by Gasteiger charge is 2.26. The van der Waals surface area contributed by atoms with Gasteiger partial charge in [0.15, 0.2) is 0 Å². The molecule has 0 saturated carbocycles. The number of aliphatic hydroxyl groups excluding tert-OH is 2. The minimum absolute atomic E-state index is 0.00128. The van der Waals surface area contributed by atoms with Gasteiger partial charge in [0.1, 0.15) is 0 Å². The van der Waals surface area contributed by atoms with Crippen LogP contribution in [0.5, 0.6) is 0 Å². The molecule has 1 aliphatic rings. The van der Waals surface area contributed by atoms with E-state index >= 15 is 0 Å². The molecule has 1 rings (SSSR count). The lowest BCUT2D eigenvalue weighted by molar-refractivity contribution is 0.169. The van der Waals surface area contributed by atoms with Crippen molar-refractivity contribution < 1.29 is 15.0 Å². The van der Waals surface area contributed by atoms with Crippen LogP contribution in [-0.2, 0) is 0 Å². The fourth-order valence-corrected chi connectivity index (χ4v) is 1.29. The molecule has 5 nitrogen and oxygen atoms in total. The van der Waals surface area contributed by atoms with Crippen LogP contribution >= 0.6 is 0 Å². The highest BCUT2D eigenvalue weighted by molar-refractivity contribution is 5.76. The van der Waals surface area contributed by atoms with Crippen molar-refractivity contribution >= 4 is 6.03 Å². The van der Waals surface area contributed by atoms with Gasteiger partial charge in [-0.1, -0.05) is 0 Å². The molecular formula is C7H14N2O3. The number of urea groups is 1. The summed E-state index contributed by atoms with van der Waals surface area (Å²) in [6.45, 7) is 2.08. The van der Waals surface area contributed by atoms with Gasteiger partial charge in [-0.15, -0.1) is 0 Å². The predicted octanol–water partition coefficient (Wildman–Crippen LogP) is -1.29. The Hall–Kier alpha value is -0.810. The van der Waals surface area contributed by atoms with E-state index in [1.54, 1.807) is 9.80 Å². The topological polar surface area (TPSA) is 64.0 Å². The monoisotopic (exact) mass is 174 g/mol.